The molecule has 18 heavy (non-hydrogen) atoms. The van der Waals surface area contributed by atoms with Gasteiger partial charge >= 0.3 is 0 Å². The molecule has 2 atom stereocenters. The van der Waals surface area contributed by atoms with Gasteiger partial charge < -0.3 is 21.1 Å². The Hall–Kier alpha value is -1.10. The maximum absolute atomic E-state index is 10.1. The monoisotopic (exact) mass is 253 g/mol. The van der Waals surface area contributed by atoms with Gasteiger partial charge in [-0.25, -0.2) is 0 Å². The average molecular weight is 253 g/mol. The topological polar surface area (TPSA) is 86.7 Å². The zero-order chi connectivity index (χ0) is 13.9. The zero-order valence-electron chi connectivity index (χ0n) is 11.2. The minimum atomic E-state index is -1.07. The molecule has 102 valence electrons. The normalized spacial score (nSPS) is 15.4. The fraction of sp³-hybridized carbons (Fsp3) is 0.571. The predicted octanol–water partition coefficient (Wildman–Crippen LogP) is 1.34. The number of rotatable bonds is 4. The predicted molar refractivity (Wildman–Crippen MR) is 72.2 cm³/mol. The Balaban J connectivity index is 3.08. The van der Waals surface area contributed by atoms with Crippen LogP contribution in [0.3, 0.4) is 0 Å². The third-order valence-electron chi connectivity index (χ3n) is 3.06. The van der Waals surface area contributed by atoms with E-state index in [0.29, 0.717) is 11.3 Å². The molecule has 0 bridgehead atoms. The maximum Gasteiger partial charge on any atom is 0.107 e. The van der Waals surface area contributed by atoms with Crippen molar-refractivity contribution in [2.45, 2.75) is 44.8 Å². The van der Waals surface area contributed by atoms with Crippen LogP contribution in [0.15, 0.2) is 18.2 Å². The average Bonchev–Trinajstić information content (AvgIpc) is 2.27. The van der Waals surface area contributed by atoms with E-state index in [1.54, 1.807) is 6.07 Å². The molecule has 0 aromatic heterocycles. The number of anilines is 1. The molecule has 1 aromatic rings. The summed E-state index contributed by atoms with van der Waals surface area (Å²) in [6.45, 7) is 6.04. The second-order valence-electron chi connectivity index (χ2n) is 5.62. The van der Waals surface area contributed by atoms with Gasteiger partial charge in [0.1, 0.15) is 6.10 Å². The fourth-order valence-corrected chi connectivity index (χ4v) is 1.79. The van der Waals surface area contributed by atoms with Crippen LogP contribution >= 0.6 is 0 Å². The van der Waals surface area contributed by atoms with Crippen molar-refractivity contribution in [3.63, 3.8) is 0 Å². The first-order valence-electron chi connectivity index (χ1n) is 6.14. The van der Waals surface area contributed by atoms with Gasteiger partial charge in [0.2, 0.25) is 0 Å². The molecule has 0 aliphatic carbocycles. The van der Waals surface area contributed by atoms with Gasteiger partial charge in [-0.3, -0.25) is 0 Å². The molecule has 0 heterocycles. The van der Waals surface area contributed by atoms with Gasteiger partial charge in [0, 0.05) is 17.9 Å². The van der Waals surface area contributed by atoms with Crippen LogP contribution < -0.4 is 5.73 Å². The van der Waals surface area contributed by atoms with E-state index in [1.807, 2.05) is 12.1 Å². The van der Waals surface area contributed by atoms with E-state index in [4.69, 9.17) is 10.8 Å². The molecule has 0 spiro atoms. The summed E-state index contributed by atoms with van der Waals surface area (Å²) in [6, 6.07) is 5.48. The van der Waals surface area contributed by atoms with Crippen LogP contribution in [0.2, 0.25) is 0 Å². The van der Waals surface area contributed by atoms with Crippen molar-refractivity contribution >= 4 is 5.69 Å². The molecule has 0 saturated heterocycles. The first kappa shape index (κ1) is 15.0. The first-order chi connectivity index (χ1) is 8.27. The van der Waals surface area contributed by atoms with Crippen molar-refractivity contribution in [2.75, 3.05) is 12.3 Å². The second kappa shape index (κ2) is 5.69. The summed E-state index contributed by atoms with van der Waals surface area (Å²) < 4.78 is 0. The van der Waals surface area contributed by atoms with Crippen molar-refractivity contribution in [1.29, 1.82) is 0 Å². The summed E-state index contributed by atoms with van der Waals surface area (Å²) in [5, 5.41) is 28.6. The van der Waals surface area contributed by atoms with Crippen LogP contribution in [0, 0.1) is 0 Å². The van der Waals surface area contributed by atoms with Gasteiger partial charge in [0.05, 0.1) is 6.10 Å². The Labute approximate surface area is 108 Å². The van der Waals surface area contributed by atoms with Crippen LogP contribution in [0.25, 0.3) is 0 Å². The molecular formula is C14H23NO3. The van der Waals surface area contributed by atoms with E-state index in [2.05, 4.69) is 20.8 Å². The number of benzene rings is 1. The smallest absolute Gasteiger partial charge is 0.107 e. The van der Waals surface area contributed by atoms with Crippen LogP contribution in [0.4, 0.5) is 5.69 Å². The van der Waals surface area contributed by atoms with Gasteiger partial charge in [-0.15, -0.1) is 0 Å². The molecule has 1 aromatic carbocycles. The first-order valence-corrected chi connectivity index (χ1v) is 6.14. The lowest BCUT2D eigenvalue weighted by molar-refractivity contribution is 0.00454. The van der Waals surface area contributed by atoms with Crippen molar-refractivity contribution < 1.29 is 15.3 Å². The third-order valence-corrected chi connectivity index (χ3v) is 3.06. The molecule has 4 nitrogen and oxygen atoms in total. The molecule has 2 unspecified atom stereocenters. The number of nitrogen functional groups attached to an aromatic ring is 1. The maximum atomic E-state index is 10.1. The van der Waals surface area contributed by atoms with Crippen LogP contribution in [0.5, 0.6) is 0 Å². The summed E-state index contributed by atoms with van der Waals surface area (Å²) in [6.07, 6.45) is -1.95. The number of hydrogen-bond donors (Lipinski definition) is 4. The van der Waals surface area contributed by atoms with Gasteiger partial charge in [-0.2, -0.15) is 0 Å². The summed E-state index contributed by atoms with van der Waals surface area (Å²) in [5.74, 6) is 0. The summed E-state index contributed by atoms with van der Waals surface area (Å²) in [4.78, 5) is 0. The van der Waals surface area contributed by atoms with Crippen LogP contribution in [-0.2, 0) is 5.41 Å². The summed E-state index contributed by atoms with van der Waals surface area (Å²) in [5.41, 5.74) is 7.79. The highest BCUT2D eigenvalue weighted by Gasteiger charge is 2.22. The Morgan fingerprint density at radius 2 is 1.83 bits per heavy atom. The van der Waals surface area contributed by atoms with E-state index in [-0.39, 0.29) is 18.4 Å². The highest BCUT2D eigenvalue weighted by Crippen LogP contribution is 2.30. The summed E-state index contributed by atoms with van der Waals surface area (Å²) >= 11 is 0. The van der Waals surface area contributed by atoms with Gasteiger partial charge in [0.15, 0.2) is 0 Å². The Bertz CT molecular complexity index is 399. The Morgan fingerprint density at radius 3 is 2.33 bits per heavy atom. The van der Waals surface area contributed by atoms with E-state index >= 15 is 0 Å². The minimum Gasteiger partial charge on any atom is -0.398 e. The largest absolute Gasteiger partial charge is 0.398 e. The number of nitrogens with two attached hydrogens (primary N) is 1. The summed E-state index contributed by atoms with van der Waals surface area (Å²) in [7, 11) is 0. The Morgan fingerprint density at radius 1 is 1.22 bits per heavy atom. The van der Waals surface area contributed by atoms with Gasteiger partial charge in [0.25, 0.3) is 0 Å². The zero-order valence-corrected chi connectivity index (χ0v) is 11.2. The minimum absolute atomic E-state index is 0.0515. The lowest BCUT2D eigenvalue weighted by Gasteiger charge is -2.24. The van der Waals surface area contributed by atoms with Crippen molar-refractivity contribution in [1.82, 2.24) is 0 Å². The fourth-order valence-electron chi connectivity index (χ4n) is 1.79. The van der Waals surface area contributed by atoms with Crippen LogP contribution in [-0.4, -0.2) is 28.0 Å². The number of aliphatic hydroxyl groups is 3. The lowest BCUT2D eigenvalue weighted by Crippen LogP contribution is -2.21. The molecule has 0 fully saturated rings. The molecular weight excluding hydrogens is 230 g/mol. The molecule has 1 rings (SSSR count). The number of aliphatic hydroxyl groups excluding tert-OH is 3. The molecule has 0 aliphatic rings. The SMILES string of the molecule is CC(C)(C)c1ccc(N)c(C(O)C(O)CCO)c1. The van der Waals surface area contributed by atoms with Crippen LogP contribution in [0.1, 0.15) is 44.4 Å². The van der Waals surface area contributed by atoms with Crippen molar-refractivity contribution in [2.24, 2.45) is 0 Å². The number of hydrogen-bond acceptors (Lipinski definition) is 4. The molecule has 4 heteroatoms. The molecule has 5 N–H and O–H groups in total. The second-order valence-corrected chi connectivity index (χ2v) is 5.62. The van der Waals surface area contributed by atoms with E-state index in [1.165, 1.54) is 0 Å². The van der Waals surface area contributed by atoms with Gasteiger partial charge in [-0.1, -0.05) is 32.9 Å². The third kappa shape index (κ3) is 3.45. The lowest BCUT2D eigenvalue weighted by atomic mass is 9.84. The molecule has 0 radical (unpaired) electrons. The van der Waals surface area contributed by atoms with E-state index in [9.17, 15) is 10.2 Å². The molecule has 0 aliphatic heterocycles. The van der Waals surface area contributed by atoms with E-state index in [0.717, 1.165) is 5.56 Å². The van der Waals surface area contributed by atoms with Crippen molar-refractivity contribution in [3.05, 3.63) is 29.3 Å². The van der Waals surface area contributed by atoms with E-state index < -0.39 is 12.2 Å². The highest BCUT2D eigenvalue weighted by atomic mass is 16.3. The van der Waals surface area contributed by atoms with Crippen molar-refractivity contribution in [3.8, 4) is 0 Å². The Kier molecular flexibility index (Phi) is 4.73. The quantitative estimate of drug-likeness (QED) is 0.610. The highest BCUT2D eigenvalue weighted by molar-refractivity contribution is 5.51. The van der Waals surface area contributed by atoms with Gasteiger partial charge in [-0.05, 0) is 23.5 Å². The molecule has 0 amide bonds. The molecule has 0 saturated carbocycles. The standard InChI is InChI=1S/C14H23NO3/c1-14(2,3)9-4-5-11(15)10(8-9)13(18)12(17)6-7-16/h4-5,8,12-13,16-18H,6-7,15H2,1-3H3.